The first-order chi connectivity index (χ1) is 13.9. The van der Waals surface area contributed by atoms with Gasteiger partial charge in [-0.3, -0.25) is 24.0 Å². The molecule has 0 radical (unpaired) electrons. The molecule has 0 aromatic carbocycles. The molecule has 12 heteroatoms. The molecule has 0 aromatic rings. The molecule has 30 heavy (non-hydrogen) atoms. The summed E-state index contributed by atoms with van der Waals surface area (Å²) in [6, 6.07) is -4.59. The Morgan fingerprint density at radius 2 is 1.47 bits per heavy atom. The molecule has 3 amide bonds. The number of carboxylic acid groups (broad SMARTS) is 2. The zero-order valence-electron chi connectivity index (χ0n) is 17.5. The third-order valence-electron chi connectivity index (χ3n) is 4.29. The van der Waals surface area contributed by atoms with Crippen molar-refractivity contribution in [1.29, 1.82) is 0 Å². The first-order valence-corrected chi connectivity index (χ1v) is 9.72. The van der Waals surface area contributed by atoms with Gasteiger partial charge in [-0.25, -0.2) is 0 Å². The SMILES string of the molecule is CC(NC(=O)C(CCCCN)NC(=O)C(NC(=O)C(N)CC(=O)O)C(C)C)C(=O)O. The molecule has 0 saturated carbocycles. The van der Waals surface area contributed by atoms with E-state index in [0.717, 1.165) is 0 Å². The molecule has 0 spiro atoms. The fourth-order valence-electron chi connectivity index (χ4n) is 2.47. The lowest BCUT2D eigenvalue weighted by Gasteiger charge is -2.26. The molecule has 0 bridgehead atoms. The predicted molar refractivity (Wildman–Crippen MR) is 107 cm³/mol. The van der Waals surface area contributed by atoms with Crippen molar-refractivity contribution in [2.24, 2.45) is 17.4 Å². The van der Waals surface area contributed by atoms with Gasteiger partial charge in [0.05, 0.1) is 12.5 Å². The summed E-state index contributed by atoms with van der Waals surface area (Å²) in [6.45, 7) is 4.99. The Balaban J connectivity index is 5.27. The molecule has 0 aliphatic heterocycles. The van der Waals surface area contributed by atoms with Crippen molar-refractivity contribution in [2.45, 2.75) is 70.6 Å². The number of unbranched alkanes of at least 4 members (excludes halogenated alkanes) is 1. The Bertz CT molecular complexity index is 626. The summed E-state index contributed by atoms with van der Waals surface area (Å²) in [7, 11) is 0. The van der Waals surface area contributed by atoms with Gasteiger partial charge in [-0.2, -0.15) is 0 Å². The van der Waals surface area contributed by atoms with E-state index in [1.54, 1.807) is 13.8 Å². The van der Waals surface area contributed by atoms with Gasteiger partial charge in [-0.1, -0.05) is 13.8 Å². The van der Waals surface area contributed by atoms with Gasteiger partial charge < -0.3 is 37.6 Å². The maximum Gasteiger partial charge on any atom is 0.325 e. The summed E-state index contributed by atoms with van der Waals surface area (Å²) >= 11 is 0. The summed E-state index contributed by atoms with van der Waals surface area (Å²) in [6.07, 6.45) is 0.731. The number of nitrogens with two attached hydrogens (primary N) is 2. The number of carbonyl (C=O) groups is 5. The molecule has 0 aromatic heterocycles. The minimum Gasteiger partial charge on any atom is -0.481 e. The van der Waals surface area contributed by atoms with Gasteiger partial charge in [0.2, 0.25) is 17.7 Å². The first-order valence-electron chi connectivity index (χ1n) is 9.72. The molecule has 0 heterocycles. The van der Waals surface area contributed by atoms with Crippen LogP contribution in [-0.2, 0) is 24.0 Å². The van der Waals surface area contributed by atoms with E-state index in [1.807, 2.05) is 0 Å². The van der Waals surface area contributed by atoms with E-state index < -0.39 is 66.2 Å². The van der Waals surface area contributed by atoms with E-state index in [9.17, 15) is 24.0 Å². The Morgan fingerprint density at radius 1 is 0.867 bits per heavy atom. The summed E-state index contributed by atoms with van der Waals surface area (Å²) in [5, 5.41) is 24.9. The highest BCUT2D eigenvalue weighted by Crippen LogP contribution is 2.07. The Kier molecular flexibility index (Phi) is 12.3. The van der Waals surface area contributed by atoms with Crippen LogP contribution in [0.2, 0.25) is 0 Å². The van der Waals surface area contributed by atoms with Gasteiger partial charge >= 0.3 is 11.9 Å². The molecule has 9 N–H and O–H groups in total. The van der Waals surface area contributed by atoms with E-state index in [-0.39, 0.29) is 6.42 Å². The van der Waals surface area contributed by atoms with Crippen LogP contribution >= 0.6 is 0 Å². The van der Waals surface area contributed by atoms with Crippen LogP contribution < -0.4 is 27.4 Å². The van der Waals surface area contributed by atoms with Crippen LogP contribution in [0.3, 0.4) is 0 Å². The van der Waals surface area contributed by atoms with Crippen molar-refractivity contribution < 1.29 is 34.2 Å². The van der Waals surface area contributed by atoms with Crippen LogP contribution in [0.1, 0.15) is 46.5 Å². The van der Waals surface area contributed by atoms with Crippen LogP contribution in [0.5, 0.6) is 0 Å². The zero-order valence-corrected chi connectivity index (χ0v) is 17.5. The lowest BCUT2D eigenvalue weighted by molar-refractivity contribution is -0.141. The molecule has 0 aliphatic carbocycles. The van der Waals surface area contributed by atoms with Crippen LogP contribution in [0, 0.1) is 5.92 Å². The van der Waals surface area contributed by atoms with Gasteiger partial charge in [0.15, 0.2) is 0 Å². The van der Waals surface area contributed by atoms with Gasteiger partial charge in [0, 0.05) is 0 Å². The number of hydrogen-bond donors (Lipinski definition) is 7. The molecule has 0 fully saturated rings. The maximum absolute atomic E-state index is 12.7. The maximum atomic E-state index is 12.7. The summed E-state index contributed by atoms with van der Waals surface area (Å²) in [5.41, 5.74) is 11.0. The molecule has 4 unspecified atom stereocenters. The third-order valence-corrected chi connectivity index (χ3v) is 4.29. The van der Waals surface area contributed by atoms with Crippen molar-refractivity contribution in [3.05, 3.63) is 0 Å². The first kappa shape index (κ1) is 27.3. The predicted octanol–water partition coefficient (Wildman–Crippen LogP) is -1.87. The topological polar surface area (TPSA) is 214 Å². The lowest BCUT2D eigenvalue weighted by Crippen LogP contribution is -2.58. The fourth-order valence-corrected chi connectivity index (χ4v) is 2.47. The van der Waals surface area contributed by atoms with E-state index in [0.29, 0.717) is 19.4 Å². The van der Waals surface area contributed by atoms with Crippen molar-refractivity contribution in [3.63, 3.8) is 0 Å². The van der Waals surface area contributed by atoms with Crippen LogP contribution in [0.15, 0.2) is 0 Å². The van der Waals surface area contributed by atoms with Crippen LogP contribution in [-0.4, -0.2) is 70.6 Å². The van der Waals surface area contributed by atoms with E-state index in [1.165, 1.54) is 6.92 Å². The monoisotopic (exact) mass is 431 g/mol. The Hall–Kier alpha value is -2.73. The molecule has 4 atom stereocenters. The van der Waals surface area contributed by atoms with Crippen molar-refractivity contribution in [1.82, 2.24) is 16.0 Å². The molecule has 0 aliphatic rings. The second-order valence-corrected chi connectivity index (χ2v) is 7.35. The fraction of sp³-hybridized carbons (Fsp3) is 0.722. The summed E-state index contributed by atoms with van der Waals surface area (Å²) < 4.78 is 0. The normalized spacial score (nSPS) is 14.9. The number of hydrogen-bond acceptors (Lipinski definition) is 7. The molecular formula is C18H33N5O7. The number of rotatable bonds is 14. The Morgan fingerprint density at radius 3 is 1.93 bits per heavy atom. The van der Waals surface area contributed by atoms with Crippen LogP contribution in [0.4, 0.5) is 0 Å². The molecular weight excluding hydrogens is 398 g/mol. The highest BCUT2D eigenvalue weighted by Gasteiger charge is 2.31. The van der Waals surface area contributed by atoms with Crippen molar-refractivity contribution in [2.75, 3.05) is 6.54 Å². The average molecular weight is 431 g/mol. The van der Waals surface area contributed by atoms with Gasteiger partial charge in [0.1, 0.15) is 18.1 Å². The van der Waals surface area contributed by atoms with Crippen LogP contribution in [0.25, 0.3) is 0 Å². The molecule has 12 nitrogen and oxygen atoms in total. The summed E-state index contributed by atoms with van der Waals surface area (Å²) in [4.78, 5) is 59.0. The molecule has 172 valence electrons. The summed E-state index contributed by atoms with van der Waals surface area (Å²) in [5.74, 6) is -5.03. The number of carboxylic acids is 2. The second kappa shape index (κ2) is 13.5. The number of carbonyl (C=O) groups excluding carboxylic acids is 3. The number of nitrogens with one attached hydrogen (secondary N) is 3. The van der Waals surface area contributed by atoms with E-state index >= 15 is 0 Å². The third kappa shape index (κ3) is 10.2. The highest BCUT2D eigenvalue weighted by atomic mass is 16.4. The highest BCUT2D eigenvalue weighted by molar-refractivity contribution is 5.94. The van der Waals surface area contributed by atoms with Crippen molar-refractivity contribution >= 4 is 29.7 Å². The van der Waals surface area contributed by atoms with Crippen molar-refractivity contribution in [3.8, 4) is 0 Å². The standard InChI is InChI=1S/C18H33N5O7/c1-9(2)14(23-15(26)11(20)8-13(24)25)17(28)22-12(6-4-5-7-19)16(27)21-10(3)18(29)30/h9-12,14H,4-8,19-20H2,1-3H3,(H,21,27)(H,22,28)(H,23,26)(H,24,25)(H,29,30). The smallest absolute Gasteiger partial charge is 0.325 e. The lowest BCUT2D eigenvalue weighted by atomic mass is 10.0. The minimum atomic E-state index is -1.34. The van der Waals surface area contributed by atoms with Gasteiger partial charge in [-0.05, 0) is 38.6 Å². The minimum absolute atomic E-state index is 0.221. The Labute approximate surface area is 175 Å². The van der Waals surface area contributed by atoms with E-state index in [2.05, 4.69) is 16.0 Å². The number of aliphatic carboxylic acids is 2. The zero-order chi connectivity index (χ0) is 23.4. The number of amides is 3. The van der Waals surface area contributed by atoms with E-state index in [4.69, 9.17) is 21.7 Å². The average Bonchev–Trinajstić information content (AvgIpc) is 2.63. The second-order valence-electron chi connectivity index (χ2n) is 7.35. The molecule has 0 saturated heterocycles. The van der Waals surface area contributed by atoms with Gasteiger partial charge in [-0.15, -0.1) is 0 Å². The molecule has 0 rings (SSSR count). The quantitative estimate of drug-likeness (QED) is 0.153. The van der Waals surface area contributed by atoms with Gasteiger partial charge in [0.25, 0.3) is 0 Å². The largest absolute Gasteiger partial charge is 0.481 e.